The van der Waals surface area contributed by atoms with Gasteiger partial charge in [-0.1, -0.05) is 18.2 Å². The number of nitrogens with zero attached hydrogens (tertiary/aromatic N) is 3. The number of hydrogen-bond acceptors (Lipinski definition) is 4. The zero-order valence-electron chi connectivity index (χ0n) is 12.3. The van der Waals surface area contributed by atoms with Crippen LogP contribution < -0.4 is 0 Å². The number of halogens is 1. The second kappa shape index (κ2) is 7.00. The summed E-state index contributed by atoms with van der Waals surface area (Å²) in [6, 6.07) is 8.24. The highest BCUT2D eigenvalue weighted by molar-refractivity contribution is 5.20. The van der Waals surface area contributed by atoms with Crippen molar-refractivity contribution >= 4 is 0 Å². The molecular weight excluding hydrogens is 285 g/mol. The molecule has 6 heteroatoms. The maximum absolute atomic E-state index is 13.7. The Labute approximate surface area is 128 Å². The van der Waals surface area contributed by atoms with Gasteiger partial charge >= 0.3 is 0 Å². The molecule has 0 aliphatic carbocycles. The molecule has 0 saturated carbocycles. The number of rotatable bonds is 5. The molecule has 1 fully saturated rings. The molecule has 5 nitrogen and oxygen atoms in total. The normalized spacial score (nSPS) is 20.9. The number of benzene rings is 1. The Kier molecular flexibility index (Phi) is 4.82. The fourth-order valence-electron chi connectivity index (χ4n) is 2.76. The Morgan fingerprint density at radius 2 is 2.23 bits per heavy atom. The summed E-state index contributed by atoms with van der Waals surface area (Å²) in [7, 11) is 0. The van der Waals surface area contributed by atoms with E-state index in [-0.39, 0.29) is 11.9 Å². The third kappa shape index (κ3) is 3.71. The SMILES string of the molecule is OC(CN1CCOC(Cn2cccn2)C1)c1ccccc1F. The van der Waals surface area contributed by atoms with E-state index in [4.69, 9.17) is 4.74 Å². The summed E-state index contributed by atoms with van der Waals surface area (Å²) < 4.78 is 21.3. The lowest BCUT2D eigenvalue weighted by Gasteiger charge is -2.34. The fraction of sp³-hybridized carbons (Fsp3) is 0.438. The minimum absolute atomic E-state index is 0.0291. The minimum atomic E-state index is -0.829. The van der Waals surface area contributed by atoms with Crippen LogP contribution in [0.4, 0.5) is 4.39 Å². The van der Waals surface area contributed by atoms with Crippen molar-refractivity contribution in [1.29, 1.82) is 0 Å². The van der Waals surface area contributed by atoms with Crippen LogP contribution in [0.5, 0.6) is 0 Å². The van der Waals surface area contributed by atoms with Crippen LogP contribution in [0.15, 0.2) is 42.7 Å². The van der Waals surface area contributed by atoms with Crippen molar-refractivity contribution in [3.8, 4) is 0 Å². The monoisotopic (exact) mass is 305 g/mol. The van der Waals surface area contributed by atoms with E-state index in [9.17, 15) is 9.50 Å². The van der Waals surface area contributed by atoms with Gasteiger partial charge in [-0.3, -0.25) is 9.58 Å². The number of β-amino-alcohol motifs (C(OH)–C–C–N with tert-alkyl or cyclic N) is 1. The molecular formula is C16H20FN3O2. The Morgan fingerprint density at radius 3 is 3.00 bits per heavy atom. The van der Waals surface area contributed by atoms with E-state index in [2.05, 4.69) is 10.00 Å². The second-order valence-electron chi connectivity index (χ2n) is 5.52. The first kappa shape index (κ1) is 15.1. The van der Waals surface area contributed by atoms with Gasteiger partial charge in [0.1, 0.15) is 5.82 Å². The largest absolute Gasteiger partial charge is 0.387 e. The first-order valence-electron chi connectivity index (χ1n) is 7.46. The van der Waals surface area contributed by atoms with Gasteiger partial charge in [-0.15, -0.1) is 0 Å². The second-order valence-corrected chi connectivity index (χ2v) is 5.52. The Hall–Kier alpha value is -1.76. The number of hydrogen-bond donors (Lipinski definition) is 1. The van der Waals surface area contributed by atoms with Gasteiger partial charge in [-0.25, -0.2) is 4.39 Å². The van der Waals surface area contributed by atoms with Gasteiger partial charge in [0.2, 0.25) is 0 Å². The summed E-state index contributed by atoms with van der Waals surface area (Å²) in [4.78, 5) is 2.11. The molecule has 1 aromatic carbocycles. The van der Waals surface area contributed by atoms with Gasteiger partial charge < -0.3 is 9.84 Å². The lowest BCUT2D eigenvalue weighted by molar-refractivity contribution is -0.0488. The summed E-state index contributed by atoms with van der Waals surface area (Å²) in [5, 5.41) is 14.4. The zero-order chi connectivity index (χ0) is 15.4. The van der Waals surface area contributed by atoms with E-state index in [1.165, 1.54) is 6.07 Å². The molecule has 0 spiro atoms. The molecule has 1 saturated heterocycles. The highest BCUT2D eigenvalue weighted by Gasteiger charge is 2.24. The van der Waals surface area contributed by atoms with E-state index in [1.807, 2.05) is 16.9 Å². The summed E-state index contributed by atoms with van der Waals surface area (Å²) in [6.07, 6.45) is 2.84. The van der Waals surface area contributed by atoms with E-state index < -0.39 is 6.10 Å². The summed E-state index contributed by atoms with van der Waals surface area (Å²) in [6.45, 7) is 3.13. The van der Waals surface area contributed by atoms with Crippen molar-refractivity contribution in [2.45, 2.75) is 18.8 Å². The smallest absolute Gasteiger partial charge is 0.129 e. The third-order valence-electron chi connectivity index (χ3n) is 3.87. The van der Waals surface area contributed by atoms with Crippen molar-refractivity contribution < 1.29 is 14.2 Å². The van der Waals surface area contributed by atoms with Crippen LogP contribution in [0.3, 0.4) is 0 Å². The van der Waals surface area contributed by atoms with Crippen molar-refractivity contribution in [3.63, 3.8) is 0 Å². The van der Waals surface area contributed by atoms with E-state index >= 15 is 0 Å². The first-order valence-corrected chi connectivity index (χ1v) is 7.46. The average molecular weight is 305 g/mol. The molecule has 22 heavy (non-hydrogen) atoms. The van der Waals surface area contributed by atoms with Crippen LogP contribution in [-0.2, 0) is 11.3 Å². The molecule has 1 N–H and O–H groups in total. The van der Waals surface area contributed by atoms with Gasteiger partial charge in [0.15, 0.2) is 0 Å². The molecule has 0 bridgehead atoms. The topological polar surface area (TPSA) is 50.5 Å². The number of ether oxygens (including phenoxy) is 1. The highest BCUT2D eigenvalue weighted by Crippen LogP contribution is 2.19. The van der Waals surface area contributed by atoms with E-state index in [0.717, 1.165) is 6.54 Å². The number of aliphatic hydroxyl groups is 1. The van der Waals surface area contributed by atoms with E-state index in [0.29, 0.717) is 31.8 Å². The standard InChI is InChI=1S/C16H20FN3O2/c17-15-5-2-1-4-14(15)16(21)12-19-8-9-22-13(10-19)11-20-7-3-6-18-20/h1-7,13,16,21H,8-12H2. The maximum Gasteiger partial charge on any atom is 0.129 e. The summed E-state index contributed by atoms with van der Waals surface area (Å²) in [5.74, 6) is -0.364. The van der Waals surface area contributed by atoms with Crippen LogP contribution in [-0.4, -0.2) is 52.1 Å². The predicted octanol–water partition coefficient (Wildman–Crippen LogP) is 1.46. The zero-order valence-corrected chi connectivity index (χ0v) is 12.3. The molecule has 2 heterocycles. The Balaban J connectivity index is 1.57. The molecule has 1 aliphatic rings. The van der Waals surface area contributed by atoms with Crippen LogP contribution in [0.25, 0.3) is 0 Å². The summed E-state index contributed by atoms with van der Waals surface area (Å²) >= 11 is 0. The molecule has 2 aromatic rings. The van der Waals surface area contributed by atoms with Crippen LogP contribution in [0.2, 0.25) is 0 Å². The van der Waals surface area contributed by atoms with Crippen LogP contribution in [0.1, 0.15) is 11.7 Å². The number of aromatic nitrogens is 2. The van der Waals surface area contributed by atoms with Crippen molar-refractivity contribution in [2.24, 2.45) is 0 Å². The predicted molar refractivity (Wildman–Crippen MR) is 79.8 cm³/mol. The Bertz CT molecular complexity index is 591. The third-order valence-corrected chi connectivity index (χ3v) is 3.87. The molecule has 1 aromatic heterocycles. The van der Waals surface area contributed by atoms with Crippen LogP contribution >= 0.6 is 0 Å². The molecule has 0 radical (unpaired) electrons. The molecule has 2 unspecified atom stereocenters. The molecule has 3 rings (SSSR count). The molecule has 2 atom stereocenters. The van der Waals surface area contributed by atoms with Crippen molar-refractivity contribution in [3.05, 3.63) is 54.1 Å². The van der Waals surface area contributed by atoms with Gasteiger partial charge in [0.05, 0.1) is 25.4 Å². The lowest BCUT2D eigenvalue weighted by Crippen LogP contribution is -2.45. The molecule has 0 amide bonds. The van der Waals surface area contributed by atoms with Crippen molar-refractivity contribution in [1.82, 2.24) is 14.7 Å². The minimum Gasteiger partial charge on any atom is -0.387 e. The maximum atomic E-state index is 13.7. The summed E-state index contributed by atoms with van der Waals surface area (Å²) in [5.41, 5.74) is 0.345. The van der Waals surface area contributed by atoms with Gasteiger partial charge in [-0.2, -0.15) is 5.10 Å². The van der Waals surface area contributed by atoms with Gasteiger partial charge in [-0.05, 0) is 12.1 Å². The van der Waals surface area contributed by atoms with Gasteiger partial charge in [0.25, 0.3) is 0 Å². The first-order chi connectivity index (χ1) is 10.7. The van der Waals surface area contributed by atoms with E-state index in [1.54, 1.807) is 24.4 Å². The molecule has 118 valence electrons. The lowest BCUT2D eigenvalue weighted by atomic mass is 10.1. The number of morpholine rings is 1. The van der Waals surface area contributed by atoms with Crippen LogP contribution in [0, 0.1) is 5.82 Å². The number of aliphatic hydroxyl groups excluding tert-OH is 1. The molecule has 1 aliphatic heterocycles. The quantitative estimate of drug-likeness (QED) is 0.908. The highest BCUT2D eigenvalue weighted by atomic mass is 19.1. The Morgan fingerprint density at radius 1 is 1.36 bits per heavy atom. The average Bonchev–Trinajstić information content (AvgIpc) is 3.01. The van der Waals surface area contributed by atoms with Crippen molar-refractivity contribution in [2.75, 3.05) is 26.2 Å². The van der Waals surface area contributed by atoms with Gasteiger partial charge in [0, 0.05) is 37.6 Å². The fourth-order valence-corrected chi connectivity index (χ4v) is 2.76.